The monoisotopic (exact) mass is 417 g/mol. The maximum absolute atomic E-state index is 12.0. The first-order valence-electron chi connectivity index (χ1n) is 6.87. The van der Waals surface area contributed by atoms with E-state index in [0.29, 0.717) is 20.6 Å². The van der Waals surface area contributed by atoms with Crippen molar-refractivity contribution in [2.24, 2.45) is 5.10 Å². The molecule has 2 rings (SSSR count). The number of hydrogen-bond acceptors (Lipinski definition) is 3. The van der Waals surface area contributed by atoms with Crippen LogP contribution in [0.1, 0.15) is 15.9 Å². The Kier molecular flexibility index (Phi) is 7.08. The molecule has 0 aromatic heterocycles. The van der Waals surface area contributed by atoms with Crippen LogP contribution in [0.4, 0.5) is 0 Å². The lowest BCUT2D eigenvalue weighted by Crippen LogP contribution is -2.35. The molecule has 130 valence electrons. The topological polar surface area (TPSA) is 70.6 Å². The fourth-order valence-corrected chi connectivity index (χ4v) is 2.76. The van der Waals surface area contributed by atoms with Crippen molar-refractivity contribution in [2.75, 3.05) is 6.54 Å². The summed E-state index contributed by atoms with van der Waals surface area (Å²) >= 11 is 23.6. The maximum atomic E-state index is 12.0. The fourth-order valence-electron chi connectivity index (χ4n) is 1.77. The van der Waals surface area contributed by atoms with Gasteiger partial charge in [0.25, 0.3) is 11.8 Å². The number of rotatable bonds is 5. The molecule has 0 unspecified atom stereocenters. The first kappa shape index (κ1) is 19.5. The first-order valence-corrected chi connectivity index (χ1v) is 8.39. The molecular weight excluding hydrogens is 408 g/mol. The molecule has 0 aliphatic carbocycles. The zero-order chi connectivity index (χ0) is 18.4. The molecule has 9 heteroatoms. The third-order valence-corrected chi connectivity index (χ3v) is 4.17. The Bertz CT molecular complexity index is 820. The Balaban J connectivity index is 1.88. The average Bonchev–Trinajstić information content (AvgIpc) is 2.55. The Labute approximate surface area is 163 Å². The number of halogens is 4. The van der Waals surface area contributed by atoms with Gasteiger partial charge in [-0.25, -0.2) is 5.43 Å². The predicted molar refractivity (Wildman–Crippen MR) is 101 cm³/mol. The number of carbonyl (C=O) groups excluding carboxylic acids is 2. The van der Waals surface area contributed by atoms with Crippen LogP contribution in [0.2, 0.25) is 20.1 Å². The number of carbonyl (C=O) groups is 2. The Morgan fingerprint density at radius 2 is 1.68 bits per heavy atom. The van der Waals surface area contributed by atoms with Gasteiger partial charge in [0.2, 0.25) is 0 Å². The van der Waals surface area contributed by atoms with Gasteiger partial charge in [-0.2, -0.15) is 5.10 Å². The number of amides is 2. The maximum Gasteiger partial charge on any atom is 0.259 e. The molecule has 2 N–H and O–H groups in total. The predicted octanol–water partition coefficient (Wildman–Crippen LogP) is 4.18. The molecule has 0 heterocycles. The molecule has 0 aliphatic heterocycles. The third kappa shape index (κ3) is 5.61. The van der Waals surface area contributed by atoms with Crippen LogP contribution < -0.4 is 10.7 Å². The summed E-state index contributed by atoms with van der Waals surface area (Å²) in [5.74, 6) is -1.03. The number of hydrogen-bond donors (Lipinski definition) is 2. The molecule has 5 nitrogen and oxygen atoms in total. The van der Waals surface area contributed by atoms with Crippen molar-refractivity contribution in [1.29, 1.82) is 0 Å². The highest BCUT2D eigenvalue weighted by Gasteiger charge is 2.11. The van der Waals surface area contributed by atoms with Gasteiger partial charge in [0.15, 0.2) is 0 Å². The van der Waals surface area contributed by atoms with E-state index in [1.54, 1.807) is 18.2 Å². The lowest BCUT2D eigenvalue weighted by Gasteiger charge is -2.06. The second kappa shape index (κ2) is 9.06. The molecule has 0 fully saturated rings. The number of benzene rings is 2. The van der Waals surface area contributed by atoms with Crippen molar-refractivity contribution in [1.82, 2.24) is 10.7 Å². The number of nitrogens with zero attached hydrogens (tertiary/aromatic N) is 1. The highest BCUT2D eigenvalue weighted by molar-refractivity contribution is 6.38. The van der Waals surface area contributed by atoms with E-state index in [9.17, 15) is 9.59 Å². The zero-order valence-corrected chi connectivity index (χ0v) is 15.5. The molecule has 2 aromatic carbocycles. The largest absolute Gasteiger partial charge is 0.343 e. The third-order valence-electron chi connectivity index (χ3n) is 2.97. The minimum Gasteiger partial charge on any atom is -0.343 e. The SMILES string of the molecule is O=C(CNC(=O)c1ccc(Cl)cc1Cl)N/N=C/c1c(Cl)cccc1Cl. The van der Waals surface area contributed by atoms with E-state index in [0.717, 1.165) is 0 Å². The molecule has 2 aromatic rings. The van der Waals surface area contributed by atoms with Crippen LogP contribution in [0.5, 0.6) is 0 Å². The molecule has 0 aliphatic rings. The van der Waals surface area contributed by atoms with E-state index in [1.807, 2.05) is 0 Å². The Morgan fingerprint density at radius 3 is 2.32 bits per heavy atom. The second-order valence-electron chi connectivity index (χ2n) is 4.74. The Hall–Kier alpha value is -1.79. The van der Waals surface area contributed by atoms with Crippen LogP contribution in [0.15, 0.2) is 41.5 Å². The van der Waals surface area contributed by atoms with Crippen molar-refractivity contribution < 1.29 is 9.59 Å². The van der Waals surface area contributed by atoms with E-state index >= 15 is 0 Å². The van der Waals surface area contributed by atoms with E-state index in [-0.39, 0.29) is 17.1 Å². The first-order chi connectivity index (χ1) is 11.9. The van der Waals surface area contributed by atoms with Crippen molar-refractivity contribution in [3.05, 3.63) is 67.6 Å². The molecule has 0 saturated heterocycles. The van der Waals surface area contributed by atoms with Crippen molar-refractivity contribution in [3.63, 3.8) is 0 Å². The smallest absolute Gasteiger partial charge is 0.259 e. The van der Waals surface area contributed by atoms with E-state index in [4.69, 9.17) is 46.4 Å². The van der Waals surface area contributed by atoms with Crippen LogP contribution in [0.25, 0.3) is 0 Å². The standard InChI is InChI=1S/C16H11Cl4N3O2/c17-9-4-5-10(14(20)6-9)16(25)21-8-15(24)23-22-7-11-12(18)2-1-3-13(11)19/h1-7H,8H2,(H,21,25)(H,23,24)/b22-7+. The minimum absolute atomic E-state index is 0.191. The summed E-state index contributed by atoms with van der Waals surface area (Å²) in [4.78, 5) is 23.7. The van der Waals surface area contributed by atoms with E-state index in [2.05, 4.69) is 15.8 Å². The van der Waals surface area contributed by atoms with Gasteiger partial charge in [0, 0.05) is 10.6 Å². The van der Waals surface area contributed by atoms with E-state index < -0.39 is 11.8 Å². The van der Waals surface area contributed by atoms with Crippen molar-refractivity contribution in [2.45, 2.75) is 0 Å². The van der Waals surface area contributed by atoms with Gasteiger partial charge in [0.05, 0.1) is 33.4 Å². The summed E-state index contributed by atoms with van der Waals surface area (Å²) in [5, 5.41) is 7.58. The van der Waals surface area contributed by atoms with Gasteiger partial charge < -0.3 is 5.32 Å². The molecule has 0 spiro atoms. The van der Waals surface area contributed by atoms with Gasteiger partial charge in [-0.1, -0.05) is 52.5 Å². The van der Waals surface area contributed by atoms with Crippen molar-refractivity contribution >= 4 is 64.4 Å². The lowest BCUT2D eigenvalue weighted by atomic mass is 10.2. The van der Waals surface area contributed by atoms with Crippen LogP contribution in [0, 0.1) is 0 Å². The quantitative estimate of drug-likeness (QED) is 0.564. The minimum atomic E-state index is -0.530. The fraction of sp³-hybridized carbons (Fsp3) is 0.0625. The summed E-state index contributed by atoms with van der Waals surface area (Å²) in [6, 6.07) is 9.42. The molecule has 0 atom stereocenters. The van der Waals surface area contributed by atoms with Crippen LogP contribution in [-0.2, 0) is 4.79 Å². The van der Waals surface area contributed by atoms with Gasteiger partial charge in [-0.15, -0.1) is 0 Å². The molecular formula is C16H11Cl4N3O2. The second-order valence-corrected chi connectivity index (χ2v) is 6.39. The van der Waals surface area contributed by atoms with Gasteiger partial charge in [0.1, 0.15) is 0 Å². The molecule has 0 bridgehead atoms. The van der Waals surface area contributed by atoms with E-state index in [1.165, 1.54) is 24.4 Å². The van der Waals surface area contributed by atoms with Crippen LogP contribution in [0.3, 0.4) is 0 Å². The van der Waals surface area contributed by atoms with Crippen molar-refractivity contribution in [3.8, 4) is 0 Å². The van der Waals surface area contributed by atoms with Gasteiger partial charge in [-0.3, -0.25) is 9.59 Å². The Morgan fingerprint density at radius 1 is 1.00 bits per heavy atom. The zero-order valence-electron chi connectivity index (χ0n) is 12.5. The average molecular weight is 419 g/mol. The van der Waals surface area contributed by atoms with Gasteiger partial charge in [-0.05, 0) is 30.3 Å². The molecule has 0 radical (unpaired) electrons. The number of hydrazone groups is 1. The van der Waals surface area contributed by atoms with Gasteiger partial charge >= 0.3 is 0 Å². The summed E-state index contributed by atoms with van der Waals surface area (Å²) < 4.78 is 0. The summed E-state index contributed by atoms with van der Waals surface area (Å²) in [6.45, 7) is -0.286. The highest BCUT2D eigenvalue weighted by Crippen LogP contribution is 2.22. The van der Waals surface area contributed by atoms with Crippen LogP contribution in [-0.4, -0.2) is 24.6 Å². The highest BCUT2D eigenvalue weighted by atomic mass is 35.5. The molecule has 25 heavy (non-hydrogen) atoms. The summed E-state index contributed by atoms with van der Waals surface area (Å²) in [6.07, 6.45) is 1.32. The lowest BCUT2D eigenvalue weighted by molar-refractivity contribution is -0.120. The number of nitrogens with one attached hydrogen (secondary N) is 2. The summed E-state index contributed by atoms with van der Waals surface area (Å²) in [7, 11) is 0. The molecule has 0 saturated carbocycles. The normalized spacial score (nSPS) is 10.7. The molecule has 2 amide bonds. The summed E-state index contributed by atoms with van der Waals surface area (Å²) in [5.41, 5.74) is 2.95. The van der Waals surface area contributed by atoms with Crippen LogP contribution >= 0.6 is 46.4 Å².